The highest BCUT2D eigenvalue weighted by Gasteiger charge is 2.31. The molecule has 1 aliphatic rings. The number of hydrogen-bond donors (Lipinski definition) is 0. The summed E-state index contributed by atoms with van der Waals surface area (Å²) in [7, 11) is -0.253. The number of carbonyl (C=O) groups excluding carboxylic acids is 1. The van der Waals surface area contributed by atoms with E-state index in [0.717, 1.165) is 26.1 Å². The van der Waals surface area contributed by atoms with Crippen LogP contribution in [-0.2, 0) is 10.9 Å². The van der Waals surface area contributed by atoms with Crippen molar-refractivity contribution in [2.45, 2.75) is 24.5 Å². The number of fused-ring (bicyclic) bond motifs is 2. The van der Waals surface area contributed by atoms with Crippen molar-refractivity contribution < 1.29 is 9.53 Å². The van der Waals surface area contributed by atoms with Crippen LogP contribution in [0, 0.1) is 0 Å². The standard InChI is InChI=1S/C31H22NO2S2/c33-31(32-27-15-7-9-17-29(27)35-30-18-10-8-16-28(30)32)34-23-19-21-26(22-20-23)36(24-11-3-1-4-12-24)25-13-5-2-6-14-25/h1-22H/q+1. The van der Waals surface area contributed by atoms with Crippen LogP contribution in [0.15, 0.2) is 158 Å². The molecule has 5 aromatic carbocycles. The van der Waals surface area contributed by atoms with E-state index < -0.39 is 6.09 Å². The summed E-state index contributed by atoms with van der Waals surface area (Å²) in [6, 6.07) is 44.7. The maximum Gasteiger partial charge on any atom is 0.424 e. The first kappa shape index (κ1) is 22.5. The minimum absolute atomic E-state index is 0.253. The normalized spacial score (nSPS) is 12.1. The maximum atomic E-state index is 13.5. The van der Waals surface area contributed by atoms with E-state index in [1.807, 2.05) is 72.8 Å². The summed E-state index contributed by atoms with van der Waals surface area (Å²) in [5, 5.41) is 0. The van der Waals surface area contributed by atoms with Crippen molar-refractivity contribution in [1.82, 2.24) is 0 Å². The van der Waals surface area contributed by atoms with Gasteiger partial charge < -0.3 is 4.74 Å². The van der Waals surface area contributed by atoms with Crippen LogP contribution in [0.2, 0.25) is 0 Å². The Bertz CT molecular complexity index is 1420. The molecule has 0 N–H and O–H groups in total. The van der Waals surface area contributed by atoms with Crippen LogP contribution in [0.25, 0.3) is 0 Å². The molecule has 0 aromatic heterocycles. The fraction of sp³-hybridized carbons (Fsp3) is 0. The highest BCUT2D eigenvalue weighted by atomic mass is 32.2. The first-order valence-electron chi connectivity index (χ1n) is 11.6. The Kier molecular flexibility index (Phi) is 6.24. The topological polar surface area (TPSA) is 29.5 Å². The van der Waals surface area contributed by atoms with Gasteiger partial charge in [-0.1, -0.05) is 72.4 Å². The quantitative estimate of drug-likeness (QED) is 0.230. The largest absolute Gasteiger partial charge is 0.424 e. The highest BCUT2D eigenvalue weighted by molar-refractivity contribution is 7.99. The summed E-state index contributed by atoms with van der Waals surface area (Å²) in [5.41, 5.74) is 1.66. The van der Waals surface area contributed by atoms with Gasteiger partial charge >= 0.3 is 6.09 Å². The van der Waals surface area contributed by atoms with Gasteiger partial charge in [0, 0.05) is 9.79 Å². The van der Waals surface area contributed by atoms with Gasteiger partial charge in [-0.2, -0.15) is 0 Å². The smallest absolute Gasteiger partial charge is 0.410 e. The van der Waals surface area contributed by atoms with Gasteiger partial charge in [-0.3, -0.25) is 0 Å². The Balaban J connectivity index is 1.30. The van der Waals surface area contributed by atoms with Crippen LogP contribution < -0.4 is 9.64 Å². The first-order chi connectivity index (χ1) is 17.8. The molecule has 3 nitrogen and oxygen atoms in total. The molecule has 36 heavy (non-hydrogen) atoms. The number of carbonyl (C=O) groups is 1. The van der Waals surface area contributed by atoms with Crippen molar-refractivity contribution in [2.24, 2.45) is 0 Å². The lowest BCUT2D eigenvalue weighted by Gasteiger charge is -2.30. The SMILES string of the molecule is O=C(Oc1ccc([S+](c2ccccc2)c2ccccc2)cc1)N1c2ccccc2Sc2ccccc21. The van der Waals surface area contributed by atoms with Crippen LogP contribution in [0.4, 0.5) is 16.2 Å². The van der Waals surface area contributed by atoms with Crippen LogP contribution in [0.5, 0.6) is 5.75 Å². The molecule has 0 aliphatic carbocycles. The minimum atomic E-state index is -0.423. The third-order valence-corrected chi connectivity index (χ3v) is 9.20. The zero-order chi connectivity index (χ0) is 24.3. The fourth-order valence-electron chi connectivity index (χ4n) is 4.21. The molecule has 0 unspecified atom stereocenters. The van der Waals surface area contributed by atoms with Crippen molar-refractivity contribution in [3.63, 3.8) is 0 Å². The van der Waals surface area contributed by atoms with Crippen molar-refractivity contribution >= 4 is 40.1 Å². The molecule has 0 bridgehead atoms. The Morgan fingerprint density at radius 2 is 1.00 bits per heavy atom. The van der Waals surface area contributed by atoms with Gasteiger partial charge in [0.1, 0.15) is 5.75 Å². The lowest BCUT2D eigenvalue weighted by molar-refractivity contribution is 0.210. The Hall–Kier alpha value is -3.93. The molecule has 0 saturated carbocycles. The summed E-state index contributed by atoms with van der Waals surface area (Å²) in [5.74, 6) is 0.515. The lowest BCUT2D eigenvalue weighted by Crippen LogP contribution is -2.31. The predicted molar refractivity (Wildman–Crippen MR) is 147 cm³/mol. The van der Waals surface area contributed by atoms with Crippen molar-refractivity contribution in [3.8, 4) is 5.75 Å². The van der Waals surface area contributed by atoms with Crippen molar-refractivity contribution in [3.05, 3.63) is 133 Å². The van der Waals surface area contributed by atoms with Crippen LogP contribution in [0.3, 0.4) is 0 Å². The average Bonchev–Trinajstić information content (AvgIpc) is 2.94. The predicted octanol–water partition coefficient (Wildman–Crippen LogP) is 8.58. The monoisotopic (exact) mass is 504 g/mol. The Labute approximate surface area is 217 Å². The molecule has 1 aliphatic heterocycles. The van der Waals surface area contributed by atoms with Crippen molar-refractivity contribution in [2.75, 3.05) is 4.90 Å². The van der Waals surface area contributed by atoms with Gasteiger partial charge in [0.05, 0.1) is 22.3 Å². The summed E-state index contributed by atoms with van der Waals surface area (Å²) >= 11 is 1.66. The van der Waals surface area contributed by atoms with E-state index in [-0.39, 0.29) is 10.9 Å². The Morgan fingerprint density at radius 1 is 0.556 bits per heavy atom. The number of benzene rings is 5. The average molecular weight is 505 g/mol. The number of hydrogen-bond acceptors (Lipinski definition) is 3. The van der Waals surface area contributed by atoms with Gasteiger partial charge in [0.2, 0.25) is 0 Å². The van der Waals surface area contributed by atoms with Gasteiger partial charge in [0.15, 0.2) is 14.7 Å². The molecule has 0 radical (unpaired) electrons. The van der Waals surface area contributed by atoms with E-state index in [4.69, 9.17) is 4.74 Å². The summed E-state index contributed by atoms with van der Waals surface area (Å²) in [4.78, 5) is 20.8. The van der Waals surface area contributed by atoms with E-state index in [0.29, 0.717) is 5.75 Å². The minimum Gasteiger partial charge on any atom is -0.410 e. The first-order valence-corrected chi connectivity index (χ1v) is 13.6. The van der Waals surface area contributed by atoms with Gasteiger partial charge in [-0.15, -0.1) is 0 Å². The van der Waals surface area contributed by atoms with E-state index in [1.54, 1.807) is 16.7 Å². The third kappa shape index (κ3) is 4.39. The second kappa shape index (κ2) is 9.97. The molecule has 1 amide bonds. The molecular formula is C31H22NO2S2+. The molecule has 0 spiro atoms. The third-order valence-electron chi connectivity index (χ3n) is 5.84. The molecule has 5 heteroatoms. The molecule has 6 rings (SSSR count). The number of para-hydroxylation sites is 2. The molecular weight excluding hydrogens is 482 g/mol. The number of ether oxygens (including phenoxy) is 1. The molecule has 5 aromatic rings. The second-order valence-corrected chi connectivity index (χ2v) is 11.3. The fourth-order valence-corrected chi connectivity index (χ4v) is 7.35. The van der Waals surface area contributed by atoms with Gasteiger partial charge in [-0.05, 0) is 72.8 Å². The number of nitrogens with zero attached hydrogens (tertiary/aromatic N) is 1. The molecule has 0 fully saturated rings. The van der Waals surface area contributed by atoms with E-state index in [9.17, 15) is 4.79 Å². The Morgan fingerprint density at radius 3 is 1.53 bits per heavy atom. The maximum absolute atomic E-state index is 13.5. The molecule has 0 atom stereocenters. The van der Waals surface area contributed by atoms with Crippen LogP contribution >= 0.6 is 11.8 Å². The number of rotatable bonds is 4. The molecule has 1 heterocycles. The van der Waals surface area contributed by atoms with E-state index in [2.05, 4.69) is 60.7 Å². The summed E-state index contributed by atoms with van der Waals surface area (Å²) < 4.78 is 5.89. The number of amides is 1. The summed E-state index contributed by atoms with van der Waals surface area (Å²) in [6.45, 7) is 0. The van der Waals surface area contributed by atoms with Gasteiger partial charge in [0.25, 0.3) is 0 Å². The van der Waals surface area contributed by atoms with E-state index >= 15 is 0 Å². The number of anilines is 2. The highest BCUT2D eigenvalue weighted by Crippen LogP contribution is 2.48. The second-order valence-electron chi connectivity index (χ2n) is 8.14. The van der Waals surface area contributed by atoms with Crippen LogP contribution in [0.1, 0.15) is 0 Å². The van der Waals surface area contributed by atoms with Crippen molar-refractivity contribution in [1.29, 1.82) is 0 Å². The zero-order valence-corrected chi connectivity index (χ0v) is 20.9. The zero-order valence-electron chi connectivity index (χ0n) is 19.3. The lowest BCUT2D eigenvalue weighted by atomic mass is 10.2. The van der Waals surface area contributed by atoms with E-state index in [1.165, 1.54) is 9.79 Å². The molecule has 174 valence electrons. The van der Waals surface area contributed by atoms with Gasteiger partial charge in [-0.25, -0.2) is 9.69 Å². The molecule has 0 saturated heterocycles. The summed E-state index contributed by atoms with van der Waals surface area (Å²) in [6.07, 6.45) is -0.423. The van der Waals surface area contributed by atoms with Crippen LogP contribution in [-0.4, -0.2) is 6.09 Å².